The highest BCUT2D eigenvalue weighted by atomic mass is 32.1. The summed E-state index contributed by atoms with van der Waals surface area (Å²) in [6.07, 6.45) is 1.86. The van der Waals surface area contributed by atoms with Crippen LogP contribution in [-0.2, 0) is 6.54 Å². The molecule has 1 fully saturated rings. The molecule has 0 unspecified atom stereocenters. The van der Waals surface area contributed by atoms with Crippen LogP contribution in [0, 0.1) is 12.8 Å². The van der Waals surface area contributed by atoms with Gasteiger partial charge in [-0.1, -0.05) is 29.4 Å². The number of amides is 1. The van der Waals surface area contributed by atoms with Crippen molar-refractivity contribution in [3.05, 3.63) is 69.5 Å². The molecule has 27 heavy (non-hydrogen) atoms. The molecule has 2 aromatic heterocycles. The Morgan fingerprint density at radius 3 is 2.93 bits per heavy atom. The highest BCUT2D eigenvalue weighted by molar-refractivity contribution is 7.09. The predicted molar refractivity (Wildman–Crippen MR) is 102 cm³/mol. The fraction of sp³-hybridized carbons (Fsp3) is 0.350. The largest absolute Gasteiger partial charge is 0.361 e. The summed E-state index contributed by atoms with van der Waals surface area (Å²) in [5, 5.41) is 10.2. The van der Waals surface area contributed by atoms with Gasteiger partial charge >= 0.3 is 0 Å². The van der Waals surface area contributed by atoms with E-state index in [0.29, 0.717) is 23.3 Å². The molecule has 3 atom stereocenters. The van der Waals surface area contributed by atoms with E-state index in [2.05, 4.69) is 38.6 Å². The van der Waals surface area contributed by atoms with Gasteiger partial charge in [0.15, 0.2) is 5.69 Å². The molecule has 7 heteroatoms. The van der Waals surface area contributed by atoms with Gasteiger partial charge in [-0.15, -0.1) is 11.3 Å². The predicted octanol–water partition coefficient (Wildman–Crippen LogP) is 3.14. The fourth-order valence-electron chi connectivity index (χ4n) is 4.47. The average Bonchev–Trinajstić information content (AvgIpc) is 3.43. The van der Waals surface area contributed by atoms with Crippen molar-refractivity contribution in [3.8, 4) is 0 Å². The van der Waals surface area contributed by atoms with E-state index in [0.717, 1.165) is 24.6 Å². The normalized spacial score (nSPS) is 24.0. The van der Waals surface area contributed by atoms with Crippen molar-refractivity contribution in [2.75, 3.05) is 13.1 Å². The second-order valence-electron chi connectivity index (χ2n) is 7.29. The Balaban J connectivity index is 1.39. The van der Waals surface area contributed by atoms with Gasteiger partial charge in [-0.05, 0) is 18.1 Å². The molecule has 3 aromatic rings. The molecule has 3 heterocycles. The van der Waals surface area contributed by atoms with Gasteiger partial charge in [0.25, 0.3) is 5.91 Å². The number of rotatable bonds is 4. The van der Waals surface area contributed by atoms with Gasteiger partial charge in [0.05, 0.1) is 12.6 Å². The average molecular weight is 380 g/mol. The van der Waals surface area contributed by atoms with E-state index in [-0.39, 0.29) is 11.9 Å². The number of fused-ring (bicyclic) bond motifs is 3. The van der Waals surface area contributed by atoms with Gasteiger partial charge in [-0.25, -0.2) is 4.98 Å². The molecule has 0 bridgehead atoms. The Kier molecular flexibility index (Phi) is 4.06. The summed E-state index contributed by atoms with van der Waals surface area (Å²) in [6, 6.07) is 10.1. The number of hydrogen-bond acceptors (Lipinski definition) is 6. The van der Waals surface area contributed by atoms with Crippen LogP contribution in [0.25, 0.3) is 0 Å². The van der Waals surface area contributed by atoms with Crippen molar-refractivity contribution >= 4 is 17.2 Å². The molecular weight excluding hydrogens is 360 g/mol. The van der Waals surface area contributed by atoms with E-state index < -0.39 is 0 Å². The number of nitrogens with one attached hydrogen (secondary N) is 1. The minimum atomic E-state index is -0.175. The summed E-state index contributed by atoms with van der Waals surface area (Å²) in [6.45, 7) is 4.60. The van der Waals surface area contributed by atoms with E-state index in [1.807, 2.05) is 17.6 Å². The molecule has 1 saturated heterocycles. The Morgan fingerprint density at radius 2 is 2.19 bits per heavy atom. The maximum atomic E-state index is 12.7. The second-order valence-corrected chi connectivity index (χ2v) is 8.27. The molecule has 1 aromatic carbocycles. The topological polar surface area (TPSA) is 71.3 Å². The number of likely N-dealkylation sites (tertiary alicyclic amines) is 1. The molecule has 0 saturated carbocycles. The van der Waals surface area contributed by atoms with E-state index in [1.54, 1.807) is 24.3 Å². The summed E-state index contributed by atoms with van der Waals surface area (Å²) in [5.74, 6) is 1.26. The van der Waals surface area contributed by atoms with E-state index in [9.17, 15) is 4.79 Å². The molecule has 1 N–H and O–H groups in total. The van der Waals surface area contributed by atoms with Gasteiger partial charge in [0.1, 0.15) is 10.8 Å². The molecular formula is C20H20N4O2S. The van der Waals surface area contributed by atoms with E-state index >= 15 is 0 Å². The number of nitrogens with zero attached hydrogens (tertiary/aromatic N) is 3. The standard InChI is InChI=1S/C20H20N4O2S/c1-12-8-17(23-26-12)20(25)22-19-14-5-3-2-4-13(14)15-9-24(10-16(15)19)11-18-21-6-7-27-18/h2-8,15-16,19H,9-11H2,1H3,(H,22,25)/t15-,16-,19+/m0/s1. The highest BCUT2D eigenvalue weighted by Crippen LogP contribution is 2.49. The monoisotopic (exact) mass is 380 g/mol. The molecule has 5 rings (SSSR count). The van der Waals surface area contributed by atoms with Crippen molar-refractivity contribution < 1.29 is 9.32 Å². The number of carbonyl (C=O) groups excluding carboxylic acids is 1. The molecule has 6 nitrogen and oxygen atoms in total. The number of carbonyl (C=O) groups is 1. The smallest absolute Gasteiger partial charge is 0.273 e. The molecule has 2 aliphatic rings. The third-order valence-electron chi connectivity index (χ3n) is 5.59. The lowest BCUT2D eigenvalue weighted by atomic mass is 9.94. The lowest BCUT2D eigenvalue weighted by Crippen LogP contribution is -2.33. The molecule has 0 spiro atoms. The van der Waals surface area contributed by atoms with Crippen LogP contribution in [0.2, 0.25) is 0 Å². The van der Waals surface area contributed by atoms with Crippen LogP contribution in [-0.4, -0.2) is 34.0 Å². The van der Waals surface area contributed by atoms with Crippen LogP contribution in [0.5, 0.6) is 0 Å². The van der Waals surface area contributed by atoms with Crippen molar-refractivity contribution in [1.82, 2.24) is 20.4 Å². The third-order valence-corrected chi connectivity index (χ3v) is 6.35. The SMILES string of the molecule is Cc1cc(C(=O)N[C@@H]2c3ccccc3[C@@H]3CN(Cc4nccs4)C[C@H]23)no1. The van der Waals surface area contributed by atoms with Gasteiger partial charge in [-0.2, -0.15) is 0 Å². The number of hydrogen-bond donors (Lipinski definition) is 1. The first kappa shape index (κ1) is 16.6. The first-order chi connectivity index (χ1) is 13.2. The summed E-state index contributed by atoms with van der Waals surface area (Å²) in [4.78, 5) is 19.6. The first-order valence-electron chi connectivity index (χ1n) is 9.13. The van der Waals surface area contributed by atoms with Gasteiger partial charge in [0.2, 0.25) is 0 Å². The number of benzene rings is 1. The lowest BCUT2D eigenvalue weighted by Gasteiger charge is -2.22. The molecule has 1 aliphatic carbocycles. The van der Waals surface area contributed by atoms with Crippen LogP contribution in [0.15, 0.2) is 46.4 Å². The minimum Gasteiger partial charge on any atom is -0.361 e. The Morgan fingerprint density at radius 1 is 1.33 bits per heavy atom. The van der Waals surface area contributed by atoms with Gasteiger partial charge < -0.3 is 9.84 Å². The Bertz CT molecular complexity index is 968. The number of thiazole rings is 1. The molecule has 138 valence electrons. The van der Waals surface area contributed by atoms with Crippen LogP contribution in [0.1, 0.15) is 44.3 Å². The van der Waals surface area contributed by atoms with Crippen LogP contribution >= 0.6 is 11.3 Å². The van der Waals surface area contributed by atoms with Crippen LogP contribution in [0.3, 0.4) is 0 Å². The van der Waals surface area contributed by atoms with Crippen molar-refractivity contribution in [2.24, 2.45) is 5.92 Å². The van der Waals surface area contributed by atoms with Crippen molar-refractivity contribution in [3.63, 3.8) is 0 Å². The Hall–Kier alpha value is -2.51. The van der Waals surface area contributed by atoms with Crippen LogP contribution in [0.4, 0.5) is 0 Å². The zero-order chi connectivity index (χ0) is 18.4. The maximum Gasteiger partial charge on any atom is 0.273 e. The fourth-order valence-corrected chi connectivity index (χ4v) is 5.13. The summed E-state index contributed by atoms with van der Waals surface area (Å²) < 4.78 is 5.06. The number of aryl methyl sites for hydroxylation is 1. The third kappa shape index (κ3) is 2.96. The quantitative estimate of drug-likeness (QED) is 0.753. The second kappa shape index (κ2) is 6.58. The van der Waals surface area contributed by atoms with Gasteiger partial charge in [0, 0.05) is 42.6 Å². The zero-order valence-corrected chi connectivity index (χ0v) is 15.8. The maximum absolute atomic E-state index is 12.7. The minimum absolute atomic E-state index is 0.00278. The van der Waals surface area contributed by atoms with E-state index in [4.69, 9.17) is 4.52 Å². The van der Waals surface area contributed by atoms with Gasteiger partial charge in [-0.3, -0.25) is 9.69 Å². The number of aromatic nitrogens is 2. The zero-order valence-electron chi connectivity index (χ0n) is 15.0. The lowest BCUT2D eigenvalue weighted by molar-refractivity contribution is 0.0914. The highest BCUT2D eigenvalue weighted by Gasteiger charge is 2.46. The Labute approximate surface area is 161 Å². The van der Waals surface area contributed by atoms with Crippen molar-refractivity contribution in [1.29, 1.82) is 0 Å². The van der Waals surface area contributed by atoms with Crippen molar-refractivity contribution in [2.45, 2.75) is 25.4 Å². The van der Waals surface area contributed by atoms with Crippen LogP contribution < -0.4 is 5.32 Å². The molecule has 1 amide bonds. The van der Waals surface area contributed by atoms with E-state index in [1.165, 1.54) is 11.1 Å². The first-order valence-corrected chi connectivity index (χ1v) is 10.0. The summed E-state index contributed by atoms with van der Waals surface area (Å²) >= 11 is 1.69. The summed E-state index contributed by atoms with van der Waals surface area (Å²) in [5.41, 5.74) is 2.92. The molecule has 0 radical (unpaired) electrons. The summed E-state index contributed by atoms with van der Waals surface area (Å²) in [7, 11) is 0. The molecule has 1 aliphatic heterocycles.